The molecule has 0 radical (unpaired) electrons. The molecule has 0 atom stereocenters. The van der Waals surface area contributed by atoms with Gasteiger partial charge in [-0.15, -0.1) is 0 Å². The van der Waals surface area contributed by atoms with Crippen molar-refractivity contribution in [1.29, 1.82) is 0 Å². The summed E-state index contributed by atoms with van der Waals surface area (Å²) in [7, 11) is 1.58. The molecule has 2 aromatic carbocycles. The maximum Gasteiger partial charge on any atom is 0.254 e. The number of benzene rings is 2. The van der Waals surface area contributed by atoms with Crippen LogP contribution in [0, 0.1) is 6.92 Å². The highest BCUT2D eigenvalue weighted by molar-refractivity contribution is 5.94. The normalized spacial score (nSPS) is 13.9. The van der Waals surface area contributed by atoms with Crippen LogP contribution in [0.5, 0.6) is 11.5 Å². The summed E-state index contributed by atoms with van der Waals surface area (Å²) < 4.78 is 10.9. The van der Waals surface area contributed by atoms with Gasteiger partial charge in [-0.1, -0.05) is 24.3 Å². The number of carbonyl (C=O) groups is 2. The minimum absolute atomic E-state index is 0.0253. The molecule has 0 saturated carbocycles. The Hall–Kier alpha value is -3.02. The van der Waals surface area contributed by atoms with Crippen molar-refractivity contribution in [1.82, 2.24) is 9.80 Å². The van der Waals surface area contributed by atoms with Gasteiger partial charge in [0.05, 0.1) is 13.7 Å². The smallest absolute Gasteiger partial charge is 0.254 e. The monoisotopic (exact) mass is 396 g/mol. The Labute approximate surface area is 172 Å². The van der Waals surface area contributed by atoms with Gasteiger partial charge in [-0.2, -0.15) is 0 Å². The van der Waals surface area contributed by atoms with E-state index in [4.69, 9.17) is 9.47 Å². The van der Waals surface area contributed by atoms with Gasteiger partial charge in [0.15, 0.2) is 0 Å². The van der Waals surface area contributed by atoms with Crippen LogP contribution in [-0.4, -0.2) is 61.5 Å². The molecular formula is C23H28N2O4. The first-order chi connectivity index (χ1) is 14.1. The average molecular weight is 396 g/mol. The number of methoxy groups -OCH3 is 1. The van der Waals surface area contributed by atoms with E-state index in [1.54, 1.807) is 24.1 Å². The highest BCUT2D eigenvalue weighted by Crippen LogP contribution is 2.17. The fourth-order valence-electron chi connectivity index (χ4n) is 3.38. The highest BCUT2D eigenvalue weighted by Gasteiger charge is 2.24. The minimum Gasteiger partial charge on any atom is -0.497 e. The third-order valence-corrected chi connectivity index (χ3v) is 5.12. The number of nitrogens with zero attached hydrogens (tertiary/aromatic N) is 2. The van der Waals surface area contributed by atoms with Crippen molar-refractivity contribution in [2.24, 2.45) is 0 Å². The maximum atomic E-state index is 12.7. The van der Waals surface area contributed by atoms with E-state index in [2.05, 4.69) is 0 Å². The second-order valence-electron chi connectivity index (χ2n) is 7.12. The number of piperazine rings is 1. The number of hydrogen-bond donors (Lipinski definition) is 0. The lowest BCUT2D eigenvalue weighted by molar-refractivity contribution is -0.132. The first-order valence-corrected chi connectivity index (χ1v) is 9.98. The predicted octanol–water partition coefficient (Wildman–Crippen LogP) is 3.15. The highest BCUT2D eigenvalue weighted by atomic mass is 16.5. The maximum absolute atomic E-state index is 12.7. The molecule has 6 heteroatoms. The first kappa shape index (κ1) is 20.7. The van der Waals surface area contributed by atoms with Crippen molar-refractivity contribution in [3.63, 3.8) is 0 Å². The lowest BCUT2D eigenvalue weighted by Crippen LogP contribution is -2.50. The molecule has 29 heavy (non-hydrogen) atoms. The van der Waals surface area contributed by atoms with Crippen LogP contribution in [0.2, 0.25) is 0 Å². The van der Waals surface area contributed by atoms with Crippen LogP contribution in [0.1, 0.15) is 28.8 Å². The zero-order valence-electron chi connectivity index (χ0n) is 17.1. The average Bonchev–Trinajstić information content (AvgIpc) is 2.77. The third kappa shape index (κ3) is 5.50. The van der Waals surface area contributed by atoms with E-state index < -0.39 is 0 Å². The van der Waals surface area contributed by atoms with E-state index in [-0.39, 0.29) is 11.8 Å². The molecule has 0 spiro atoms. The van der Waals surface area contributed by atoms with Crippen molar-refractivity contribution in [3.8, 4) is 11.5 Å². The van der Waals surface area contributed by atoms with Gasteiger partial charge in [0.25, 0.3) is 5.91 Å². The van der Waals surface area contributed by atoms with Gasteiger partial charge in [0.1, 0.15) is 11.5 Å². The van der Waals surface area contributed by atoms with Gasteiger partial charge in [0, 0.05) is 38.2 Å². The number of amides is 2. The minimum atomic E-state index is -0.0253. The molecule has 1 fully saturated rings. The number of aryl methyl sites for hydroxylation is 1. The molecule has 0 unspecified atom stereocenters. The number of para-hydroxylation sites is 1. The number of ether oxygens (including phenoxy) is 2. The van der Waals surface area contributed by atoms with Crippen molar-refractivity contribution in [3.05, 3.63) is 59.7 Å². The first-order valence-electron chi connectivity index (χ1n) is 9.98. The summed E-state index contributed by atoms with van der Waals surface area (Å²) in [4.78, 5) is 28.8. The molecule has 1 aliphatic heterocycles. The van der Waals surface area contributed by atoms with Gasteiger partial charge in [-0.25, -0.2) is 0 Å². The Kier molecular flexibility index (Phi) is 7.11. The van der Waals surface area contributed by atoms with Crippen molar-refractivity contribution >= 4 is 11.8 Å². The predicted molar refractivity (Wildman–Crippen MR) is 111 cm³/mol. The molecule has 0 bridgehead atoms. The summed E-state index contributed by atoms with van der Waals surface area (Å²) in [5, 5.41) is 0. The molecule has 1 aliphatic rings. The summed E-state index contributed by atoms with van der Waals surface area (Å²) in [6.45, 7) is 4.74. The SMILES string of the molecule is COc1cccc(C(=O)N2CCN(C(=O)CCCOc3ccccc3C)CC2)c1. The molecule has 2 aromatic rings. The molecule has 3 rings (SSSR count). The molecule has 1 saturated heterocycles. The molecular weight excluding hydrogens is 368 g/mol. The van der Waals surface area contributed by atoms with Gasteiger partial charge in [-0.3, -0.25) is 9.59 Å². The Bertz CT molecular complexity index is 844. The summed E-state index contributed by atoms with van der Waals surface area (Å²) >= 11 is 0. The Morgan fingerprint density at radius 1 is 0.966 bits per heavy atom. The van der Waals surface area contributed by atoms with Crippen molar-refractivity contribution < 1.29 is 19.1 Å². The molecule has 0 N–H and O–H groups in total. The fraction of sp³-hybridized carbons (Fsp3) is 0.391. The van der Waals surface area contributed by atoms with Crippen molar-refractivity contribution in [2.75, 3.05) is 39.9 Å². The topological polar surface area (TPSA) is 59.1 Å². The molecule has 6 nitrogen and oxygen atoms in total. The van der Waals surface area contributed by atoms with Gasteiger partial charge < -0.3 is 19.3 Å². The lowest BCUT2D eigenvalue weighted by atomic mass is 10.1. The largest absolute Gasteiger partial charge is 0.497 e. The van der Waals surface area contributed by atoms with E-state index in [1.807, 2.05) is 48.2 Å². The van der Waals surface area contributed by atoms with Crippen LogP contribution in [0.4, 0.5) is 0 Å². The van der Waals surface area contributed by atoms with E-state index in [9.17, 15) is 9.59 Å². The molecule has 0 aliphatic carbocycles. The lowest BCUT2D eigenvalue weighted by Gasteiger charge is -2.35. The van der Waals surface area contributed by atoms with Crippen molar-refractivity contribution in [2.45, 2.75) is 19.8 Å². The number of rotatable bonds is 7. The van der Waals surface area contributed by atoms with Crippen LogP contribution < -0.4 is 9.47 Å². The molecule has 2 amide bonds. The zero-order chi connectivity index (χ0) is 20.6. The number of hydrogen-bond acceptors (Lipinski definition) is 4. The zero-order valence-corrected chi connectivity index (χ0v) is 17.1. The van der Waals surface area contributed by atoms with Gasteiger partial charge in [0.2, 0.25) is 5.91 Å². The van der Waals surface area contributed by atoms with E-state index in [0.29, 0.717) is 56.9 Å². The van der Waals surface area contributed by atoms with Crippen LogP contribution >= 0.6 is 0 Å². The van der Waals surface area contributed by atoms with Crippen LogP contribution in [0.3, 0.4) is 0 Å². The van der Waals surface area contributed by atoms with Crippen LogP contribution in [0.15, 0.2) is 48.5 Å². The Morgan fingerprint density at radius 3 is 2.41 bits per heavy atom. The van der Waals surface area contributed by atoms with Gasteiger partial charge in [-0.05, 0) is 43.2 Å². The van der Waals surface area contributed by atoms with E-state index in [0.717, 1.165) is 11.3 Å². The summed E-state index contributed by atoms with van der Waals surface area (Å²) in [6, 6.07) is 15.0. The van der Waals surface area contributed by atoms with Crippen LogP contribution in [-0.2, 0) is 4.79 Å². The molecule has 0 aromatic heterocycles. The number of carbonyl (C=O) groups excluding carboxylic acids is 2. The fourth-order valence-corrected chi connectivity index (χ4v) is 3.38. The Morgan fingerprint density at radius 2 is 1.69 bits per heavy atom. The third-order valence-electron chi connectivity index (χ3n) is 5.12. The van der Waals surface area contributed by atoms with Crippen LogP contribution in [0.25, 0.3) is 0 Å². The second-order valence-corrected chi connectivity index (χ2v) is 7.12. The Balaban J connectivity index is 1.41. The standard InChI is InChI=1S/C23H28N2O4/c1-18-7-3-4-10-21(18)29-16-6-11-22(26)24-12-14-25(15-13-24)23(27)19-8-5-9-20(17-19)28-2/h3-5,7-10,17H,6,11-16H2,1-2H3. The van der Waals surface area contributed by atoms with E-state index >= 15 is 0 Å². The summed E-state index contributed by atoms with van der Waals surface area (Å²) in [5.41, 5.74) is 1.70. The summed E-state index contributed by atoms with van der Waals surface area (Å²) in [5.74, 6) is 1.62. The van der Waals surface area contributed by atoms with E-state index in [1.165, 1.54) is 0 Å². The quantitative estimate of drug-likeness (QED) is 0.675. The molecule has 154 valence electrons. The van der Waals surface area contributed by atoms with Gasteiger partial charge >= 0.3 is 0 Å². The summed E-state index contributed by atoms with van der Waals surface area (Å²) in [6.07, 6.45) is 1.13. The molecule has 1 heterocycles. The second kappa shape index (κ2) is 9.96.